The van der Waals surface area contributed by atoms with E-state index in [2.05, 4.69) is 15.3 Å². The third-order valence-electron chi connectivity index (χ3n) is 2.53. The summed E-state index contributed by atoms with van der Waals surface area (Å²) in [4.78, 5) is 8.37. The second kappa shape index (κ2) is 5.40. The normalized spacial score (nSPS) is 13.1. The third-order valence-corrected chi connectivity index (χ3v) is 3.07. The van der Waals surface area contributed by atoms with E-state index in [1.807, 2.05) is 20.8 Å². The average molecular weight is 260 g/mol. The molecule has 1 N–H and O–H groups in total. The first-order chi connectivity index (χ1) is 7.89. The van der Waals surface area contributed by atoms with Gasteiger partial charge in [0.15, 0.2) is 0 Å². The summed E-state index contributed by atoms with van der Waals surface area (Å²) in [6.45, 7) is 5.85. The maximum absolute atomic E-state index is 6.09. The Kier molecular flexibility index (Phi) is 4.40. The molecule has 1 atom stereocenters. The number of halogens is 1. The van der Waals surface area contributed by atoms with Crippen molar-refractivity contribution in [3.63, 3.8) is 0 Å². The highest BCUT2D eigenvalue weighted by atomic mass is 35.5. The van der Waals surface area contributed by atoms with Gasteiger partial charge in [0.2, 0.25) is 17.7 Å². The van der Waals surface area contributed by atoms with E-state index >= 15 is 0 Å². The molecule has 5 nitrogen and oxygen atoms in total. The van der Waals surface area contributed by atoms with Gasteiger partial charge < -0.3 is 14.8 Å². The minimum Gasteiger partial charge on any atom is -0.481 e. The van der Waals surface area contributed by atoms with Crippen LogP contribution in [-0.4, -0.2) is 35.1 Å². The van der Waals surface area contributed by atoms with Crippen LogP contribution in [0.25, 0.3) is 0 Å². The molecule has 1 aromatic rings. The first kappa shape index (κ1) is 13.8. The lowest BCUT2D eigenvalue weighted by Crippen LogP contribution is -2.39. The molecule has 0 bridgehead atoms. The number of methoxy groups -OCH3 is 2. The minimum absolute atomic E-state index is 0.0803. The summed E-state index contributed by atoms with van der Waals surface area (Å²) in [5, 5.41) is 3.07. The number of anilines is 1. The van der Waals surface area contributed by atoms with Gasteiger partial charge >= 0.3 is 0 Å². The van der Waals surface area contributed by atoms with E-state index in [9.17, 15) is 0 Å². The average Bonchev–Trinajstić information content (AvgIpc) is 2.27. The van der Waals surface area contributed by atoms with Gasteiger partial charge in [0, 0.05) is 0 Å². The van der Waals surface area contributed by atoms with Crippen LogP contribution < -0.4 is 14.8 Å². The first-order valence-electron chi connectivity index (χ1n) is 5.28. The molecule has 1 rings (SSSR count). The van der Waals surface area contributed by atoms with E-state index in [0.29, 0.717) is 17.7 Å². The van der Waals surface area contributed by atoms with Crippen molar-refractivity contribution in [3.8, 4) is 11.8 Å². The van der Waals surface area contributed by atoms with Gasteiger partial charge in [0.25, 0.3) is 0 Å². The molecule has 0 aromatic carbocycles. The van der Waals surface area contributed by atoms with Crippen LogP contribution in [0.15, 0.2) is 6.07 Å². The predicted octanol–water partition coefficient (Wildman–Crippen LogP) is 2.31. The maximum atomic E-state index is 6.09. The van der Waals surface area contributed by atoms with E-state index in [4.69, 9.17) is 21.1 Å². The lowest BCUT2D eigenvalue weighted by molar-refractivity contribution is 0.372. The van der Waals surface area contributed by atoms with Crippen molar-refractivity contribution in [3.05, 3.63) is 6.07 Å². The Morgan fingerprint density at radius 2 is 1.71 bits per heavy atom. The molecule has 0 saturated carbocycles. The molecule has 0 aliphatic rings. The fourth-order valence-electron chi connectivity index (χ4n) is 1.06. The Morgan fingerprint density at radius 1 is 1.24 bits per heavy atom. The second-order valence-electron chi connectivity index (χ2n) is 4.24. The predicted molar refractivity (Wildman–Crippen MR) is 68.2 cm³/mol. The number of nitrogens with one attached hydrogen (secondary N) is 1. The van der Waals surface area contributed by atoms with Crippen LogP contribution in [0.2, 0.25) is 0 Å². The van der Waals surface area contributed by atoms with Crippen LogP contribution in [0.4, 0.5) is 5.95 Å². The van der Waals surface area contributed by atoms with Crippen LogP contribution in [0.1, 0.15) is 20.8 Å². The lowest BCUT2D eigenvalue weighted by Gasteiger charge is -2.28. The lowest BCUT2D eigenvalue weighted by atomic mass is 10.0. The van der Waals surface area contributed by atoms with Gasteiger partial charge in [-0.3, -0.25) is 0 Å². The van der Waals surface area contributed by atoms with Crippen LogP contribution in [0.5, 0.6) is 11.8 Å². The molecule has 0 radical (unpaired) electrons. The number of rotatable bonds is 5. The topological polar surface area (TPSA) is 56.3 Å². The summed E-state index contributed by atoms with van der Waals surface area (Å²) in [6.07, 6.45) is 0. The minimum atomic E-state index is -0.334. The van der Waals surface area contributed by atoms with Crippen LogP contribution in [0, 0.1) is 0 Å². The van der Waals surface area contributed by atoms with Crippen LogP contribution in [0.3, 0.4) is 0 Å². The summed E-state index contributed by atoms with van der Waals surface area (Å²) in [5.41, 5.74) is -0.334. The molecular formula is C11H18ClN3O2. The number of nitrogens with zero attached hydrogens (tertiary/aromatic N) is 2. The highest BCUT2D eigenvalue weighted by Crippen LogP contribution is 2.23. The van der Waals surface area contributed by atoms with E-state index in [1.165, 1.54) is 0 Å². The molecule has 1 heterocycles. The van der Waals surface area contributed by atoms with Gasteiger partial charge in [-0.15, -0.1) is 11.6 Å². The van der Waals surface area contributed by atoms with Crippen molar-refractivity contribution >= 4 is 17.5 Å². The number of ether oxygens (including phenoxy) is 2. The molecule has 0 fully saturated rings. The van der Waals surface area contributed by atoms with Crippen molar-refractivity contribution in [2.24, 2.45) is 0 Å². The molecule has 0 aliphatic heterocycles. The van der Waals surface area contributed by atoms with Gasteiger partial charge in [-0.05, 0) is 20.8 Å². The van der Waals surface area contributed by atoms with Crippen molar-refractivity contribution in [2.45, 2.75) is 31.7 Å². The molecule has 6 heteroatoms. The first-order valence-corrected chi connectivity index (χ1v) is 5.72. The standard InChI is InChI=1S/C11H18ClN3O2/c1-7(12)11(2,3)15-10-13-8(16-4)6-9(14-10)17-5/h6-7H,1-5H3,(H,13,14,15). The van der Waals surface area contributed by atoms with Crippen molar-refractivity contribution in [2.75, 3.05) is 19.5 Å². The van der Waals surface area contributed by atoms with Gasteiger partial charge in [-0.25, -0.2) is 0 Å². The molecule has 0 spiro atoms. The van der Waals surface area contributed by atoms with Gasteiger partial charge in [0.1, 0.15) is 0 Å². The Morgan fingerprint density at radius 3 is 2.06 bits per heavy atom. The molecule has 96 valence electrons. The highest BCUT2D eigenvalue weighted by molar-refractivity contribution is 6.21. The molecule has 1 aromatic heterocycles. The highest BCUT2D eigenvalue weighted by Gasteiger charge is 2.25. The quantitative estimate of drug-likeness (QED) is 0.823. The Bertz CT molecular complexity index is 361. The molecule has 17 heavy (non-hydrogen) atoms. The van der Waals surface area contributed by atoms with Gasteiger partial charge in [-0.1, -0.05) is 0 Å². The largest absolute Gasteiger partial charge is 0.481 e. The smallest absolute Gasteiger partial charge is 0.229 e. The van der Waals surface area contributed by atoms with E-state index < -0.39 is 0 Å². The van der Waals surface area contributed by atoms with Crippen molar-refractivity contribution in [1.29, 1.82) is 0 Å². The van der Waals surface area contributed by atoms with Crippen molar-refractivity contribution < 1.29 is 9.47 Å². The summed E-state index contributed by atoms with van der Waals surface area (Å²) >= 11 is 6.09. The maximum Gasteiger partial charge on any atom is 0.229 e. The number of hydrogen-bond acceptors (Lipinski definition) is 5. The SMILES string of the molecule is COc1cc(OC)nc(NC(C)(C)C(C)Cl)n1. The van der Waals surface area contributed by atoms with E-state index in [-0.39, 0.29) is 10.9 Å². The van der Waals surface area contributed by atoms with Crippen molar-refractivity contribution in [1.82, 2.24) is 9.97 Å². The number of aromatic nitrogens is 2. The van der Waals surface area contributed by atoms with Gasteiger partial charge in [0.05, 0.1) is 31.2 Å². The zero-order valence-electron chi connectivity index (χ0n) is 10.7. The monoisotopic (exact) mass is 259 g/mol. The zero-order valence-corrected chi connectivity index (χ0v) is 11.5. The fourth-order valence-corrected chi connectivity index (χ4v) is 1.11. The molecule has 0 aliphatic carbocycles. The molecule has 0 amide bonds. The summed E-state index contributed by atoms with van der Waals surface area (Å²) in [5.74, 6) is 1.31. The molecule has 0 saturated heterocycles. The number of alkyl halides is 1. The molecular weight excluding hydrogens is 242 g/mol. The Hall–Kier alpha value is -1.23. The summed E-state index contributed by atoms with van der Waals surface area (Å²) in [6, 6.07) is 1.61. The Balaban J connectivity index is 2.98. The van der Waals surface area contributed by atoms with Gasteiger partial charge in [-0.2, -0.15) is 9.97 Å². The van der Waals surface area contributed by atoms with Crippen LogP contribution >= 0.6 is 11.6 Å². The van der Waals surface area contributed by atoms with E-state index in [1.54, 1.807) is 20.3 Å². The zero-order chi connectivity index (χ0) is 13.1. The summed E-state index contributed by atoms with van der Waals surface area (Å²) < 4.78 is 10.1. The Labute approximate surface area is 107 Å². The second-order valence-corrected chi connectivity index (χ2v) is 4.89. The number of hydrogen-bond donors (Lipinski definition) is 1. The molecule has 1 unspecified atom stereocenters. The summed E-state index contributed by atoms with van der Waals surface area (Å²) in [7, 11) is 3.09. The van der Waals surface area contributed by atoms with E-state index in [0.717, 1.165) is 0 Å². The fraction of sp³-hybridized carbons (Fsp3) is 0.636. The third kappa shape index (κ3) is 3.63. The van der Waals surface area contributed by atoms with Crippen LogP contribution in [-0.2, 0) is 0 Å².